The van der Waals surface area contributed by atoms with Gasteiger partial charge in [-0.2, -0.15) is 0 Å². The zero-order chi connectivity index (χ0) is 12.4. The van der Waals surface area contributed by atoms with E-state index in [4.69, 9.17) is 0 Å². The van der Waals surface area contributed by atoms with E-state index >= 15 is 0 Å². The number of halogens is 1. The summed E-state index contributed by atoms with van der Waals surface area (Å²) < 4.78 is 7.27. The summed E-state index contributed by atoms with van der Waals surface area (Å²) in [7, 11) is 1.29. The van der Waals surface area contributed by atoms with E-state index in [1.54, 1.807) is 6.07 Å². The van der Waals surface area contributed by atoms with E-state index in [0.29, 0.717) is 11.7 Å². The molecule has 2 rings (SSSR count). The Labute approximate surface area is 107 Å². The van der Waals surface area contributed by atoms with Gasteiger partial charge in [-0.05, 0) is 34.8 Å². The smallest absolute Gasteiger partial charge is 0.325 e. The molecule has 0 saturated heterocycles. The van der Waals surface area contributed by atoms with Crippen molar-refractivity contribution in [2.45, 2.75) is 18.9 Å². The van der Waals surface area contributed by atoms with Crippen LogP contribution in [0.3, 0.4) is 0 Å². The van der Waals surface area contributed by atoms with Gasteiger partial charge in [0.1, 0.15) is 12.2 Å². The highest BCUT2D eigenvalue weighted by Crippen LogP contribution is 2.37. The van der Waals surface area contributed by atoms with Gasteiger partial charge in [-0.3, -0.25) is 9.59 Å². The first-order chi connectivity index (χ1) is 8.11. The number of methoxy groups -OCH3 is 1. The fourth-order valence-electron chi connectivity index (χ4n) is 1.60. The Kier molecular flexibility index (Phi) is 3.51. The molecule has 6 heteroatoms. The van der Waals surface area contributed by atoms with Crippen LogP contribution in [0.15, 0.2) is 16.7 Å². The Hall–Kier alpha value is -1.30. The number of nitrogens with one attached hydrogen (secondary N) is 1. The molecule has 1 heterocycles. The molecule has 1 N–H and O–H groups in total. The first-order valence-electron chi connectivity index (χ1n) is 5.34. The van der Waals surface area contributed by atoms with Gasteiger partial charge in [-0.1, -0.05) is 0 Å². The van der Waals surface area contributed by atoms with Gasteiger partial charge in [-0.25, -0.2) is 0 Å². The normalized spacial score (nSPS) is 14.5. The van der Waals surface area contributed by atoms with Gasteiger partial charge in [0.2, 0.25) is 0 Å². The van der Waals surface area contributed by atoms with Gasteiger partial charge in [0.05, 0.1) is 7.11 Å². The molecule has 0 radical (unpaired) electrons. The summed E-state index contributed by atoms with van der Waals surface area (Å²) in [5.74, 6) is -0.713. The molecule has 0 spiro atoms. The molecule has 0 aliphatic heterocycles. The Morgan fingerprint density at radius 1 is 1.59 bits per heavy atom. The van der Waals surface area contributed by atoms with Crippen molar-refractivity contribution >= 4 is 27.8 Å². The topological polar surface area (TPSA) is 60.3 Å². The maximum atomic E-state index is 11.9. The van der Waals surface area contributed by atoms with Gasteiger partial charge in [0.15, 0.2) is 0 Å². The number of aromatic nitrogens is 1. The van der Waals surface area contributed by atoms with Crippen molar-refractivity contribution in [3.05, 3.63) is 22.4 Å². The van der Waals surface area contributed by atoms with Crippen LogP contribution in [-0.2, 0) is 9.53 Å². The van der Waals surface area contributed by atoms with Crippen LogP contribution in [0.5, 0.6) is 0 Å². The summed E-state index contributed by atoms with van der Waals surface area (Å²) in [5, 5.41) is 2.53. The van der Waals surface area contributed by atoms with Crippen molar-refractivity contribution in [2.75, 3.05) is 13.7 Å². The quantitative estimate of drug-likeness (QED) is 0.857. The molecule has 1 aliphatic rings. The SMILES string of the molecule is COC(=O)CNC(=O)c1cc(Br)cn1C1CC1. The minimum Gasteiger partial charge on any atom is -0.468 e. The molecule has 17 heavy (non-hydrogen) atoms. The molecule has 0 unspecified atom stereocenters. The second kappa shape index (κ2) is 4.91. The molecule has 1 amide bonds. The Morgan fingerprint density at radius 3 is 2.88 bits per heavy atom. The van der Waals surface area contributed by atoms with Crippen LogP contribution in [-0.4, -0.2) is 30.1 Å². The number of hydrogen-bond acceptors (Lipinski definition) is 3. The van der Waals surface area contributed by atoms with Crippen LogP contribution < -0.4 is 5.32 Å². The number of ether oxygens (including phenoxy) is 1. The molecule has 5 nitrogen and oxygen atoms in total. The molecule has 0 aromatic carbocycles. The van der Waals surface area contributed by atoms with Gasteiger partial charge in [-0.15, -0.1) is 0 Å². The van der Waals surface area contributed by atoms with Crippen molar-refractivity contribution < 1.29 is 14.3 Å². The van der Waals surface area contributed by atoms with E-state index < -0.39 is 5.97 Å². The number of carbonyl (C=O) groups excluding carboxylic acids is 2. The molecular formula is C11H13BrN2O3. The summed E-state index contributed by atoms with van der Waals surface area (Å²) in [6.45, 7) is -0.108. The first kappa shape index (κ1) is 12.2. The zero-order valence-corrected chi connectivity index (χ0v) is 11.0. The molecule has 1 aromatic heterocycles. The lowest BCUT2D eigenvalue weighted by Crippen LogP contribution is -2.31. The number of carbonyl (C=O) groups is 2. The van der Waals surface area contributed by atoms with Crippen LogP contribution in [0, 0.1) is 0 Å². The third-order valence-electron chi connectivity index (χ3n) is 2.61. The van der Waals surface area contributed by atoms with Gasteiger partial charge in [0.25, 0.3) is 5.91 Å². The Morgan fingerprint density at radius 2 is 2.29 bits per heavy atom. The van der Waals surface area contributed by atoms with Gasteiger partial charge in [0, 0.05) is 16.7 Å². The maximum Gasteiger partial charge on any atom is 0.325 e. The predicted octanol–water partition coefficient (Wildman–Crippen LogP) is 1.49. The molecule has 1 aliphatic carbocycles. The van der Waals surface area contributed by atoms with Crippen LogP contribution in [0.2, 0.25) is 0 Å². The highest BCUT2D eigenvalue weighted by molar-refractivity contribution is 9.10. The van der Waals surface area contributed by atoms with Crippen LogP contribution >= 0.6 is 15.9 Å². The minimum absolute atomic E-state index is 0.108. The lowest BCUT2D eigenvalue weighted by molar-refractivity contribution is -0.139. The maximum absolute atomic E-state index is 11.9. The lowest BCUT2D eigenvalue weighted by Gasteiger charge is -2.07. The molecule has 1 aromatic rings. The molecular weight excluding hydrogens is 288 g/mol. The predicted molar refractivity (Wildman–Crippen MR) is 64.8 cm³/mol. The number of amides is 1. The fraction of sp³-hybridized carbons (Fsp3) is 0.455. The monoisotopic (exact) mass is 300 g/mol. The van der Waals surface area contributed by atoms with E-state index in [1.165, 1.54) is 7.11 Å². The van der Waals surface area contributed by atoms with E-state index in [9.17, 15) is 9.59 Å². The number of rotatable bonds is 4. The lowest BCUT2D eigenvalue weighted by atomic mass is 10.4. The third-order valence-corrected chi connectivity index (χ3v) is 3.04. The summed E-state index contributed by atoms with van der Waals surface area (Å²) in [6.07, 6.45) is 4.08. The number of nitrogens with zero attached hydrogens (tertiary/aromatic N) is 1. The first-order valence-corrected chi connectivity index (χ1v) is 6.13. The van der Waals surface area contributed by atoms with E-state index in [1.807, 2.05) is 10.8 Å². The second-order valence-electron chi connectivity index (χ2n) is 3.94. The average Bonchev–Trinajstić information content (AvgIpc) is 3.09. The standard InChI is InChI=1S/C11H13BrN2O3/c1-17-10(15)5-13-11(16)9-4-7(12)6-14(9)8-2-3-8/h4,6,8H,2-3,5H2,1H3,(H,13,16). The summed E-state index contributed by atoms with van der Waals surface area (Å²) in [6, 6.07) is 2.17. The summed E-state index contributed by atoms with van der Waals surface area (Å²) in [4.78, 5) is 22.8. The summed E-state index contributed by atoms with van der Waals surface area (Å²) in [5.41, 5.74) is 0.572. The van der Waals surface area contributed by atoms with Gasteiger partial charge < -0.3 is 14.6 Å². The van der Waals surface area contributed by atoms with E-state index in [-0.39, 0.29) is 12.5 Å². The largest absolute Gasteiger partial charge is 0.468 e. The average molecular weight is 301 g/mol. The Balaban J connectivity index is 2.05. The van der Waals surface area contributed by atoms with Crippen LogP contribution in [0.1, 0.15) is 29.4 Å². The van der Waals surface area contributed by atoms with Crippen molar-refractivity contribution in [2.24, 2.45) is 0 Å². The van der Waals surface area contributed by atoms with Crippen molar-refractivity contribution in [1.82, 2.24) is 9.88 Å². The number of hydrogen-bond donors (Lipinski definition) is 1. The van der Waals surface area contributed by atoms with Crippen molar-refractivity contribution in [3.63, 3.8) is 0 Å². The van der Waals surface area contributed by atoms with Crippen molar-refractivity contribution in [1.29, 1.82) is 0 Å². The summed E-state index contributed by atoms with van der Waals surface area (Å²) >= 11 is 3.35. The van der Waals surface area contributed by atoms with Crippen molar-refractivity contribution in [3.8, 4) is 0 Å². The number of esters is 1. The van der Waals surface area contributed by atoms with Gasteiger partial charge >= 0.3 is 5.97 Å². The molecule has 0 bridgehead atoms. The molecule has 1 saturated carbocycles. The fourth-order valence-corrected chi connectivity index (χ4v) is 2.04. The van der Waals surface area contributed by atoms with E-state index in [0.717, 1.165) is 17.3 Å². The van der Waals surface area contributed by atoms with Crippen LogP contribution in [0.4, 0.5) is 0 Å². The Bertz CT molecular complexity index is 452. The highest BCUT2D eigenvalue weighted by Gasteiger charge is 2.27. The van der Waals surface area contributed by atoms with E-state index in [2.05, 4.69) is 26.0 Å². The molecule has 0 atom stereocenters. The zero-order valence-electron chi connectivity index (χ0n) is 9.40. The highest BCUT2D eigenvalue weighted by atomic mass is 79.9. The molecule has 1 fully saturated rings. The third kappa shape index (κ3) is 2.88. The van der Waals surface area contributed by atoms with Crippen LogP contribution in [0.25, 0.3) is 0 Å². The minimum atomic E-state index is -0.457. The molecule has 92 valence electrons. The second-order valence-corrected chi connectivity index (χ2v) is 4.86.